The highest BCUT2D eigenvalue weighted by Crippen LogP contribution is 2.32. The van der Waals surface area contributed by atoms with Gasteiger partial charge in [0.1, 0.15) is 23.1 Å². The Morgan fingerprint density at radius 2 is 2.14 bits per heavy atom. The van der Waals surface area contributed by atoms with Crippen molar-refractivity contribution in [3.63, 3.8) is 0 Å². The van der Waals surface area contributed by atoms with Crippen molar-refractivity contribution in [3.05, 3.63) is 65.0 Å². The van der Waals surface area contributed by atoms with E-state index < -0.39 is 23.4 Å². The number of ether oxygens (including phenoxy) is 1. The third-order valence-corrected chi connectivity index (χ3v) is 6.61. The second kappa shape index (κ2) is 9.10. The van der Waals surface area contributed by atoms with Gasteiger partial charge in [0.05, 0.1) is 19.9 Å². The van der Waals surface area contributed by atoms with Crippen molar-refractivity contribution in [2.75, 3.05) is 13.7 Å². The Morgan fingerprint density at radius 1 is 1.37 bits per heavy atom. The average Bonchev–Trinajstić information content (AvgIpc) is 3.47. The summed E-state index contributed by atoms with van der Waals surface area (Å²) in [6.07, 6.45) is 7.05. The summed E-state index contributed by atoms with van der Waals surface area (Å²) >= 11 is 0. The second-order valence-electron chi connectivity index (χ2n) is 8.60. The molecule has 1 aromatic heterocycles. The number of allylic oxidation sites excluding steroid dienone is 3. The zero-order valence-electron chi connectivity index (χ0n) is 20.0. The quantitative estimate of drug-likeness (QED) is 0.467. The van der Waals surface area contributed by atoms with Crippen LogP contribution in [0.1, 0.15) is 41.0 Å². The molecule has 10 heteroatoms. The van der Waals surface area contributed by atoms with Crippen LogP contribution >= 0.6 is 0 Å². The zero-order valence-corrected chi connectivity index (χ0v) is 20.0. The first-order chi connectivity index (χ1) is 16.7. The first-order valence-electron chi connectivity index (χ1n) is 11.1. The predicted molar refractivity (Wildman–Crippen MR) is 127 cm³/mol. The monoisotopic (exact) mass is 474 g/mol. The number of aryl methyl sites for hydroxylation is 1. The first-order valence-corrected chi connectivity index (χ1v) is 11.1. The Morgan fingerprint density at radius 3 is 2.77 bits per heavy atom. The van der Waals surface area contributed by atoms with Gasteiger partial charge in [0.25, 0.3) is 11.8 Å². The normalized spacial score (nSPS) is 20.6. The van der Waals surface area contributed by atoms with Crippen LogP contribution in [0.2, 0.25) is 0 Å². The molecule has 0 bridgehead atoms. The Bertz CT molecular complexity index is 1320. The number of fused-ring (bicyclic) bond motifs is 1. The lowest BCUT2D eigenvalue weighted by Crippen LogP contribution is -2.59. The van der Waals surface area contributed by atoms with Crippen LogP contribution in [-0.4, -0.2) is 51.7 Å². The van der Waals surface area contributed by atoms with Gasteiger partial charge in [0, 0.05) is 30.6 Å². The average molecular weight is 475 g/mol. The standard InChI is InChI=1S/C25H26N6O4/c1-5-16(20-12-27-30(3)21(20)11-26)7-6-15(2)25(23(33)28-24(34)29-25)14-31-13-17-8-9-18(35-4)10-19(17)22(31)32/h5-10,12,15H,13-14H2,1-4H3,(H2,28,29,33,34)/b7-6-,16-5+/t15?,25-/m0/s1. The van der Waals surface area contributed by atoms with Crippen molar-refractivity contribution < 1.29 is 19.1 Å². The van der Waals surface area contributed by atoms with Crippen molar-refractivity contribution in [2.45, 2.75) is 25.9 Å². The number of hydrogen-bond donors (Lipinski definition) is 2. The summed E-state index contributed by atoms with van der Waals surface area (Å²) in [5.41, 5.74) is 1.81. The summed E-state index contributed by atoms with van der Waals surface area (Å²) in [6, 6.07) is 6.83. The highest BCUT2D eigenvalue weighted by atomic mass is 16.5. The van der Waals surface area contributed by atoms with E-state index >= 15 is 0 Å². The van der Waals surface area contributed by atoms with Gasteiger partial charge in [-0.1, -0.05) is 31.2 Å². The summed E-state index contributed by atoms with van der Waals surface area (Å²) in [4.78, 5) is 39.9. The fraction of sp³-hybridized carbons (Fsp3) is 0.320. The van der Waals surface area contributed by atoms with Crippen LogP contribution in [0.4, 0.5) is 4.79 Å². The van der Waals surface area contributed by atoms with E-state index in [2.05, 4.69) is 21.8 Å². The van der Waals surface area contributed by atoms with Crippen LogP contribution < -0.4 is 15.4 Å². The van der Waals surface area contributed by atoms with Crippen LogP contribution in [0.3, 0.4) is 0 Å². The Labute approximate surface area is 202 Å². The van der Waals surface area contributed by atoms with E-state index in [1.807, 2.05) is 19.1 Å². The summed E-state index contributed by atoms with van der Waals surface area (Å²) in [7, 11) is 3.22. The van der Waals surface area contributed by atoms with E-state index in [-0.39, 0.29) is 12.5 Å². The molecular weight excluding hydrogens is 448 g/mol. The molecule has 2 N–H and O–H groups in total. The Balaban J connectivity index is 1.62. The number of carbonyl (C=O) groups is 3. The van der Waals surface area contributed by atoms with E-state index in [4.69, 9.17) is 4.74 Å². The lowest BCUT2D eigenvalue weighted by Gasteiger charge is -2.34. The van der Waals surface area contributed by atoms with Gasteiger partial charge >= 0.3 is 6.03 Å². The molecule has 2 aliphatic rings. The lowest BCUT2D eigenvalue weighted by atomic mass is 9.83. The first kappa shape index (κ1) is 23.8. The molecule has 2 aromatic rings. The van der Waals surface area contributed by atoms with Crippen LogP contribution in [0.25, 0.3) is 5.57 Å². The molecule has 35 heavy (non-hydrogen) atoms. The molecule has 0 aliphatic carbocycles. The van der Waals surface area contributed by atoms with E-state index in [1.165, 1.54) is 11.8 Å². The molecule has 0 saturated carbocycles. The SMILES string of the molecule is C/C=C(\C=C/C(C)[C@]1(CN2Cc3ccc(OC)cc3C2=O)NC(=O)NC1=O)c1cnn(C)c1C#N. The third kappa shape index (κ3) is 4.05. The minimum atomic E-state index is -1.36. The maximum Gasteiger partial charge on any atom is 0.322 e. The van der Waals surface area contributed by atoms with Crippen LogP contribution in [0.15, 0.2) is 42.6 Å². The Kier molecular flexibility index (Phi) is 6.18. The van der Waals surface area contributed by atoms with Gasteiger partial charge in [-0.2, -0.15) is 10.4 Å². The maximum absolute atomic E-state index is 13.1. The fourth-order valence-corrected chi connectivity index (χ4v) is 4.51. The van der Waals surface area contributed by atoms with Gasteiger partial charge < -0.3 is 15.0 Å². The smallest absolute Gasteiger partial charge is 0.322 e. The summed E-state index contributed by atoms with van der Waals surface area (Å²) in [6.45, 7) is 3.96. The predicted octanol–water partition coefficient (Wildman–Crippen LogP) is 2.13. The minimum absolute atomic E-state index is 0.00653. The molecule has 4 rings (SSSR count). The molecule has 1 aromatic carbocycles. The number of nitrogens with zero attached hydrogens (tertiary/aromatic N) is 4. The molecule has 180 valence electrons. The van der Waals surface area contributed by atoms with Crippen LogP contribution in [0.5, 0.6) is 5.75 Å². The second-order valence-corrected chi connectivity index (χ2v) is 8.60. The van der Waals surface area contributed by atoms with Gasteiger partial charge in [-0.25, -0.2) is 4.79 Å². The van der Waals surface area contributed by atoms with Crippen molar-refractivity contribution in [3.8, 4) is 11.8 Å². The van der Waals surface area contributed by atoms with Gasteiger partial charge in [0.15, 0.2) is 0 Å². The maximum atomic E-state index is 13.1. The van der Waals surface area contributed by atoms with Crippen LogP contribution in [0, 0.1) is 17.2 Å². The number of imide groups is 1. The fourth-order valence-electron chi connectivity index (χ4n) is 4.51. The van der Waals surface area contributed by atoms with Gasteiger partial charge in [-0.15, -0.1) is 0 Å². The molecule has 0 spiro atoms. The number of methoxy groups -OCH3 is 1. The molecular formula is C25H26N6O4. The number of rotatable bonds is 7. The van der Waals surface area contributed by atoms with Crippen LogP contribution in [-0.2, 0) is 18.4 Å². The number of carbonyl (C=O) groups excluding carboxylic acids is 3. The highest BCUT2D eigenvalue weighted by molar-refractivity contribution is 6.08. The van der Waals surface area contributed by atoms with Crippen molar-refractivity contribution >= 4 is 23.4 Å². The number of hydrogen-bond acceptors (Lipinski definition) is 6. The third-order valence-electron chi connectivity index (χ3n) is 6.61. The molecule has 2 atom stereocenters. The molecule has 4 amide bonds. The molecule has 1 saturated heterocycles. The largest absolute Gasteiger partial charge is 0.497 e. The number of amides is 4. The molecule has 1 unspecified atom stereocenters. The summed E-state index contributed by atoms with van der Waals surface area (Å²) in [5.74, 6) is -0.645. The van der Waals surface area contributed by atoms with Gasteiger partial charge in [-0.05, 0) is 30.2 Å². The number of nitrogens with one attached hydrogen (secondary N) is 2. The molecule has 2 aliphatic heterocycles. The van der Waals surface area contributed by atoms with E-state index in [9.17, 15) is 19.6 Å². The van der Waals surface area contributed by atoms with Crippen molar-refractivity contribution in [2.24, 2.45) is 13.0 Å². The Hall–Kier alpha value is -4.39. The number of urea groups is 1. The van der Waals surface area contributed by atoms with Gasteiger partial charge in [0.2, 0.25) is 0 Å². The summed E-state index contributed by atoms with van der Waals surface area (Å²) in [5, 5.41) is 18.7. The number of aromatic nitrogens is 2. The molecule has 0 radical (unpaired) electrons. The van der Waals surface area contributed by atoms with E-state index in [0.29, 0.717) is 29.1 Å². The molecule has 10 nitrogen and oxygen atoms in total. The highest BCUT2D eigenvalue weighted by Gasteiger charge is 2.52. The minimum Gasteiger partial charge on any atom is -0.497 e. The molecule has 3 heterocycles. The van der Waals surface area contributed by atoms with Crippen molar-refractivity contribution in [1.82, 2.24) is 25.3 Å². The van der Waals surface area contributed by atoms with E-state index in [0.717, 1.165) is 11.1 Å². The van der Waals surface area contributed by atoms with Crippen molar-refractivity contribution in [1.29, 1.82) is 5.26 Å². The number of nitriles is 1. The lowest BCUT2D eigenvalue weighted by molar-refractivity contribution is -0.125. The molecule has 1 fully saturated rings. The van der Waals surface area contributed by atoms with Gasteiger partial charge in [-0.3, -0.25) is 19.6 Å². The summed E-state index contributed by atoms with van der Waals surface area (Å²) < 4.78 is 6.73. The topological polar surface area (TPSA) is 129 Å². The zero-order chi connectivity index (χ0) is 25.3. The van der Waals surface area contributed by atoms with E-state index in [1.54, 1.807) is 49.4 Å². The number of benzene rings is 1.